The van der Waals surface area contributed by atoms with E-state index in [1.165, 1.54) is 21.3 Å². The van der Waals surface area contributed by atoms with Crippen LogP contribution in [0.25, 0.3) is 22.2 Å². The number of carbonyl (C=O) groups is 2. The summed E-state index contributed by atoms with van der Waals surface area (Å²) in [4.78, 5) is 30.2. The topological polar surface area (TPSA) is 105 Å². The number of fused-ring (bicyclic) bond motifs is 1. The van der Waals surface area contributed by atoms with Crippen molar-refractivity contribution in [2.24, 2.45) is 0 Å². The van der Waals surface area contributed by atoms with Crippen molar-refractivity contribution in [2.45, 2.75) is 6.54 Å². The summed E-state index contributed by atoms with van der Waals surface area (Å²) in [5, 5.41) is 3.35. The maximum absolute atomic E-state index is 13.1. The first-order valence-electron chi connectivity index (χ1n) is 11.7. The molecule has 4 aromatic rings. The summed E-state index contributed by atoms with van der Waals surface area (Å²) in [5.74, 6) is 1.02. The zero-order valence-electron chi connectivity index (χ0n) is 21.6. The number of ether oxygens (including phenoxy) is 5. The lowest BCUT2D eigenvalue weighted by Gasteiger charge is -2.15. The first-order valence-corrected chi connectivity index (χ1v) is 11.7. The average Bonchev–Trinajstić information content (AvgIpc) is 2.97. The van der Waals surface area contributed by atoms with Crippen LogP contribution in [0.2, 0.25) is 0 Å². The number of hydrogen-bond donors (Lipinski definition) is 1. The van der Waals surface area contributed by atoms with Crippen molar-refractivity contribution < 1.29 is 33.3 Å². The average molecular weight is 517 g/mol. The van der Waals surface area contributed by atoms with Crippen LogP contribution < -0.4 is 24.3 Å². The van der Waals surface area contributed by atoms with E-state index in [2.05, 4.69) is 5.32 Å². The number of carbonyl (C=O) groups excluding carboxylic acids is 2. The second-order valence-corrected chi connectivity index (χ2v) is 8.19. The Morgan fingerprint density at radius 3 is 2.13 bits per heavy atom. The molecule has 0 fully saturated rings. The van der Waals surface area contributed by atoms with Crippen LogP contribution in [0.1, 0.15) is 15.9 Å². The first kappa shape index (κ1) is 26.3. The van der Waals surface area contributed by atoms with E-state index >= 15 is 0 Å². The van der Waals surface area contributed by atoms with Gasteiger partial charge in [-0.3, -0.25) is 4.79 Å². The molecule has 9 nitrogen and oxygen atoms in total. The van der Waals surface area contributed by atoms with Gasteiger partial charge in [0, 0.05) is 17.5 Å². The Bertz CT molecular complexity index is 1430. The van der Waals surface area contributed by atoms with Crippen molar-refractivity contribution >= 4 is 22.8 Å². The quantitative estimate of drug-likeness (QED) is 0.309. The zero-order chi connectivity index (χ0) is 27.1. The Labute approximate surface area is 220 Å². The highest BCUT2D eigenvalue weighted by Crippen LogP contribution is 2.41. The third-order valence-corrected chi connectivity index (χ3v) is 5.88. The van der Waals surface area contributed by atoms with E-state index in [-0.39, 0.29) is 5.56 Å². The summed E-state index contributed by atoms with van der Waals surface area (Å²) in [6.45, 7) is -0.130. The van der Waals surface area contributed by atoms with Crippen molar-refractivity contribution in [3.8, 4) is 34.3 Å². The summed E-state index contributed by atoms with van der Waals surface area (Å²) >= 11 is 0. The number of pyridine rings is 1. The second-order valence-electron chi connectivity index (χ2n) is 8.19. The Balaban J connectivity index is 1.55. The lowest BCUT2D eigenvalue weighted by Crippen LogP contribution is -2.28. The second kappa shape index (κ2) is 12.0. The molecule has 1 N–H and O–H groups in total. The number of para-hydroxylation sites is 1. The summed E-state index contributed by atoms with van der Waals surface area (Å²) in [6.07, 6.45) is 0. The van der Waals surface area contributed by atoms with Gasteiger partial charge in [0.1, 0.15) is 5.75 Å². The number of esters is 1. The largest absolute Gasteiger partial charge is 0.497 e. The van der Waals surface area contributed by atoms with Gasteiger partial charge in [-0.05, 0) is 42.0 Å². The number of aromatic nitrogens is 1. The molecule has 0 unspecified atom stereocenters. The molecule has 1 heterocycles. The molecule has 9 heteroatoms. The normalized spacial score (nSPS) is 10.5. The minimum atomic E-state index is -0.642. The fraction of sp³-hybridized carbons (Fsp3) is 0.207. The monoisotopic (exact) mass is 516 g/mol. The SMILES string of the molecule is COc1ccc(CNC(=O)COC(=O)c2cc(-c3cc(OC)c(OC)c(OC)c3)nc3ccccc23)cc1. The van der Waals surface area contributed by atoms with Gasteiger partial charge in [0.15, 0.2) is 18.1 Å². The Kier molecular flexibility index (Phi) is 8.27. The molecule has 0 aliphatic carbocycles. The molecule has 0 saturated heterocycles. The van der Waals surface area contributed by atoms with Crippen molar-refractivity contribution in [1.82, 2.24) is 10.3 Å². The Morgan fingerprint density at radius 1 is 0.816 bits per heavy atom. The standard InChI is InChI=1S/C29H28N2O7/c1-34-20-11-9-18(10-12-20)16-30-27(32)17-38-29(33)22-15-24(31-23-8-6-5-7-21(22)23)19-13-25(35-2)28(37-4)26(14-19)36-3/h5-15H,16-17H2,1-4H3,(H,30,32). The molecule has 0 saturated carbocycles. The molecule has 38 heavy (non-hydrogen) atoms. The smallest absolute Gasteiger partial charge is 0.339 e. The number of nitrogens with zero attached hydrogens (tertiary/aromatic N) is 1. The summed E-state index contributed by atoms with van der Waals surface area (Å²) in [5.41, 5.74) is 2.91. The maximum Gasteiger partial charge on any atom is 0.339 e. The van der Waals surface area contributed by atoms with Gasteiger partial charge in [-0.25, -0.2) is 9.78 Å². The Morgan fingerprint density at radius 2 is 1.50 bits per heavy atom. The first-order chi connectivity index (χ1) is 18.5. The predicted molar refractivity (Wildman–Crippen MR) is 142 cm³/mol. The molecule has 4 rings (SSSR count). The molecule has 0 aliphatic rings. The summed E-state index contributed by atoms with van der Waals surface area (Å²) in [7, 11) is 6.16. The van der Waals surface area contributed by atoms with Crippen molar-refractivity contribution in [1.29, 1.82) is 0 Å². The van der Waals surface area contributed by atoms with E-state index in [0.29, 0.717) is 46.0 Å². The maximum atomic E-state index is 13.1. The molecule has 0 atom stereocenters. The van der Waals surface area contributed by atoms with E-state index in [1.54, 1.807) is 37.4 Å². The molecule has 1 amide bonds. The van der Waals surface area contributed by atoms with Crippen LogP contribution in [0.4, 0.5) is 0 Å². The van der Waals surface area contributed by atoms with Crippen LogP contribution in [-0.2, 0) is 16.1 Å². The summed E-state index contributed by atoms with van der Waals surface area (Å²) in [6, 6.07) is 19.6. The third kappa shape index (κ3) is 5.78. The van der Waals surface area contributed by atoms with Crippen molar-refractivity contribution in [3.05, 3.63) is 77.9 Å². The molecule has 0 spiro atoms. The van der Waals surface area contributed by atoms with Gasteiger partial charge in [-0.2, -0.15) is 0 Å². The van der Waals surface area contributed by atoms with Gasteiger partial charge < -0.3 is 29.0 Å². The van der Waals surface area contributed by atoms with Gasteiger partial charge in [0.2, 0.25) is 5.75 Å². The molecular formula is C29H28N2O7. The lowest BCUT2D eigenvalue weighted by atomic mass is 10.0. The van der Waals surface area contributed by atoms with Gasteiger partial charge in [0.05, 0.1) is 45.2 Å². The fourth-order valence-electron chi connectivity index (χ4n) is 3.93. The molecule has 0 radical (unpaired) electrons. The Hall–Kier alpha value is -4.79. The van der Waals surface area contributed by atoms with Gasteiger partial charge >= 0.3 is 5.97 Å². The molecule has 1 aromatic heterocycles. The van der Waals surface area contributed by atoms with E-state index in [9.17, 15) is 9.59 Å². The highest BCUT2D eigenvalue weighted by atomic mass is 16.5. The molecule has 3 aromatic carbocycles. The number of methoxy groups -OCH3 is 4. The number of hydrogen-bond acceptors (Lipinski definition) is 8. The van der Waals surface area contributed by atoms with Gasteiger partial charge in [0.25, 0.3) is 5.91 Å². The highest BCUT2D eigenvalue weighted by molar-refractivity contribution is 6.05. The number of amides is 1. The number of rotatable bonds is 10. The third-order valence-electron chi connectivity index (χ3n) is 5.88. The van der Waals surface area contributed by atoms with Crippen molar-refractivity contribution in [2.75, 3.05) is 35.0 Å². The molecule has 196 valence electrons. The van der Waals surface area contributed by atoms with Crippen LogP contribution in [0.3, 0.4) is 0 Å². The predicted octanol–water partition coefficient (Wildman–Crippen LogP) is 4.41. The van der Waals surface area contributed by atoms with E-state index < -0.39 is 18.5 Å². The number of nitrogens with one attached hydrogen (secondary N) is 1. The fourth-order valence-corrected chi connectivity index (χ4v) is 3.93. The van der Waals surface area contributed by atoms with Gasteiger partial charge in [-0.1, -0.05) is 30.3 Å². The minimum Gasteiger partial charge on any atom is -0.497 e. The van der Waals surface area contributed by atoms with Crippen LogP contribution >= 0.6 is 0 Å². The summed E-state index contributed by atoms with van der Waals surface area (Å²) < 4.78 is 26.8. The van der Waals surface area contributed by atoms with Crippen LogP contribution in [0.15, 0.2) is 66.7 Å². The molecule has 0 bridgehead atoms. The molecule has 0 aliphatic heterocycles. The van der Waals surface area contributed by atoms with Crippen molar-refractivity contribution in [3.63, 3.8) is 0 Å². The zero-order valence-corrected chi connectivity index (χ0v) is 21.6. The van der Waals surface area contributed by atoms with E-state index in [4.69, 9.17) is 28.7 Å². The van der Waals surface area contributed by atoms with Crippen LogP contribution in [0.5, 0.6) is 23.0 Å². The molecular weight excluding hydrogens is 488 g/mol. The van der Waals surface area contributed by atoms with E-state index in [0.717, 1.165) is 11.3 Å². The van der Waals surface area contributed by atoms with Crippen LogP contribution in [-0.4, -0.2) is 51.9 Å². The minimum absolute atomic E-state index is 0.280. The highest BCUT2D eigenvalue weighted by Gasteiger charge is 2.19. The van der Waals surface area contributed by atoms with E-state index in [1.807, 2.05) is 36.4 Å². The lowest BCUT2D eigenvalue weighted by molar-refractivity contribution is -0.124. The van der Waals surface area contributed by atoms with Gasteiger partial charge in [-0.15, -0.1) is 0 Å². The van der Waals surface area contributed by atoms with Crippen LogP contribution in [0, 0.1) is 0 Å². The number of benzene rings is 3.